The molecule has 1 heterocycles. The van der Waals surface area contributed by atoms with Crippen LogP contribution in [0.15, 0.2) is 45.6 Å². The van der Waals surface area contributed by atoms with Crippen LogP contribution in [0.1, 0.15) is 24.0 Å². The minimum Gasteiger partial charge on any atom is -0.481 e. The quantitative estimate of drug-likeness (QED) is 0.768. The number of rotatable bonds is 6. The topological polar surface area (TPSA) is 80.4 Å². The van der Waals surface area contributed by atoms with Crippen LogP contribution < -0.4 is 5.73 Å². The number of nitrogens with two attached hydrogens (primary N) is 1. The van der Waals surface area contributed by atoms with Gasteiger partial charge in [-0.2, -0.15) is 11.3 Å². The minimum atomic E-state index is -1.14. The Morgan fingerprint density at radius 1 is 1.19 bits per heavy atom. The van der Waals surface area contributed by atoms with Gasteiger partial charge in [-0.3, -0.25) is 9.59 Å². The van der Waals surface area contributed by atoms with Crippen molar-refractivity contribution in [3.63, 3.8) is 0 Å². The highest BCUT2D eigenvalue weighted by Gasteiger charge is 2.33. The van der Waals surface area contributed by atoms with E-state index in [1.165, 1.54) is 11.3 Å². The van der Waals surface area contributed by atoms with Crippen LogP contribution in [-0.2, 0) is 15.1 Å². The highest BCUT2D eigenvalue weighted by atomic mass is 79.9. The molecule has 0 spiro atoms. The number of carbonyl (C=O) groups is 2. The second-order valence-corrected chi connectivity index (χ2v) is 6.47. The Morgan fingerprint density at radius 3 is 2.38 bits per heavy atom. The molecule has 3 N–H and O–H groups in total. The predicted molar refractivity (Wildman–Crippen MR) is 85.3 cm³/mol. The molecule has 1 unspecified atom stereocenters. The smallest absolute Gasteiger partial charge is 0.310 e. The number of carboxylic acid groups (broad SMARTS) is 1. The number of thiophene rings is 1. The molecule has 110 valence electrons. The Labute approximate surface area is 134 Å². The monoisotopic (exact) mass is 367 g/mol. The molecule has 0 aliphatic rings. The van der Waals surface area contributed by atoms with Gasteiger partial charge in [0, 0.05) is 10.9 Å². The van der Waals surface area contributed by atoms with Crippen molar-refractivity contribution < 1.29 is 14.7 Å². The van der Waals surface area contributed by atoms with Gasteiger partial charge in [0.05, 0.1) is 5.54 Å². The normalized spacial score (nSPS) is 13.6. The van der Waals surface area contributed by atoms with Crippen molar-refractivity contribution in [3.05, 3.63) is 56.7 Å². The average Bonchev–Trinajstić information content (AvgIpc) is 2.92. The average molecular weight is 368 g/mol. The molecule has 2 aromatic rings. The number of ketones is 1. The molecule has 0 fully saturated rings. The Balaban J connectivity index is 2.38. The molecule has 1 aromatic heterocycles. The number of Topliss-reactive ketones (excluding diaryl/α,β-unsaturated/α-hetero) is 1. The molecule has 21 heavy (non-hydrogen) atoms. The van der Waals surface area contributed by atoms with Crippen molar-refractivity contribution in [1.29, 1.82) is 0 Å². The molecule has 0 amide bonds. The summed E-state index contributed by atoms with van der Waals surface area (Å²) < 4.78 is 0.913. The van der Waals surface area contributed by atoms with Gasteiger partial charge in [0.2, 0.25) is 0 Å². The summed E-state index contributed by atoms with van der Waals surface area (Å²) in [5.41, 5.74) is 7.08. The zero-order valence-corrected chi connectivity index (χ0v) is 13.5. The van der Waals surface area contributed by atoms with Crippen molar-refractivity contribution in [2.45, 2.75) is 18.4 Å². The number of hydrogen-bond donors (Lipinski definition) is 2. The van der Waals surface area contributed by atoms with Gasteiger partial charge in [0.1, 0.15) is 12.2 Å². The van der Waals surface area contributed by atoms with Crippen LogP contribution >= 0.6 is 27.3 Å². The van der Waals surface area contributed by atoms with Gasteiger partial charge in [-0.25, -0.2) is 0 Å². The first-order valence-electron chi connectivity index (χ1n) is 6.23. The zero-order chi connectivity index (χ0) is 15.5. The third-order valence-electron chi connectivity index (χ3n) is 3.22. The van der Waals surface area contributed by atoms with Crippen LogP contribution in [0.4, 0.5) is 0 Å². The number of carboxylic acids is 1. The molecule has 0 saturated heterocycles. The van der Waals surface area contributed by atoms with Gasteiger partial charge in [-0.05, 0) is 40.1 Å². The van der Waals surface area contributed by atoms with Gasteiger partial charge in [0.15, 0.2) is 0 Å². The van der Waals surface area contributed by atoms with Crippen LogP contribution in [0, 0.1) is 0 Å². The second-order valence-electron chi connectivity index (χ2n) is 4.78. The van der Waals surface area contributed by atoms with E-state index >= 15 is 0 Å². The Morgan fingerprint density at radius 2 is 1.86 bits per heavy atom. The van der Waals surface area contributed by atoms with E-state index in [0.29, 0.717) is 0 Å². The van der Waals surface area contributed by atoms with E-state index < -0.39 is 17.9 Å². The minimum absolute atomic E-state index is 0.0440. The number of benzene rings is 1. The van der Waals surface area contributed by atoms with Gasteiger partial charge < -0.3 is 10.8 Å². The molecular weight excluding hydrogens is 354 g/mol. The van der Waals surface area contributed by atoms with Crippen molar-refractivity contribution in [1.82, 2.24) is 0 Å². The van der Waals surface area contributed by atoms with Crippen molar-refractivity contribution in [2.24, 2.45) is 5.73 Å². The lowest BCUT2D eigenvalue weighted by Gasteiger charge is -2.29. The van der Waals surface area contributed by atoms with E-state index in [0.717, 1.165) is 15.6 Å². The van der Waals surface area contributed by atoms with Crippen LogP contribution in [0.2, 0.25) is 0 Å². The molecule has 6 heteroatoms. The van der Waals surface area contributed by atoms with Crippen LogP contribution in [0.3, 0.4) is 0 Å². The number of hydrogen-bond acceptors (Lipinski definition) is 4. The van der Waals surface area contributed by atoms with E-state index in [2.05, 4.69) is 15.9 Å². The van der Waals surface area contributed by atoms with Crippen molar-refractivity contribution >= 4 is 39.0 Å². The molecule has 4 nitrogen and oxygen atoms in total. The molecule has 1 aromatic carbocycles. The fraction of sp³-hybridized carbons (Fsp3) is 0.200. The standard InChI is InChI=1S/C15H14BrNO3S/c16-12-3-1-10(2-4-12)15(17,11-5-6-21-9-11)8-13(18)7-14(19)20/h1-6,9H,7-8,17H2,(H,19,20). The van der Waals surface area contributed by atoms with Gasteiger partial charge in [-0.15, -0.1) is 0 Å². The highest BCUT2D eigenvalue weighted by Crippen LogP contribution is 2.33. The zero-order valence-electron chi connectivity index (χ0n) is 11.1. The largest absolute Gasteiger partial charge is 0.481 e. The fourth-order valence-electron chi connectivity index (χ4n) is 2.18. The molecule has 2 rings (SSSR count). The molecule has 0 saturated carbocycles. The summed E-state index contributed by atoms with van der Waals surface area (Å²) in [6, 6.07) is 9.25. The SMILES string of the molecule is NC(CC(=O)CC(=O)O)(c1ccc(Br)cc1)c1ccsc1. The van der Waals surface area contributed by atoms with Gasteiger partial charge >= 0.3 is 5.97 Å². The van der Waals surface area contributed by atoms with Gasteiger partial charge in [-0.1, -0.05) is 28.1 Å². The molecule has 1 atom stereocenters. The number of halogens is 1. The first kappa shape index (κ1) is 15.9. The lowest BCUT2D eigenvalue weighted by Crippen LogP contribution is -2.40. The summed E-state index contributed by atoms with van der Waals surface area (Å²) in [6.45, 7) is 0. The Hall–Kier alpha value is -1.50. The highest BCUT2D eigenvalue weighted by molar-refractivity contribution is 9.10. The summed E-state index contributed by atoms with van der Waals surface area (Å²) in [6.07, 6.45) is -0.558. The molecule has 0 bridgehead atoms. The summed E-state index contributed by atoms with van der Waals surface area (Å²) in [5, 5.41) is 12.5. The maximum Gasteiger partial charge on any atom is 0.310 e. The van der Waals surface area contributed by atoms with Crippen LogP contribution in [0.5, 0.6) is 0 Å². The molecule has 0 aliphatic heterocycles. The molecular formula is C15H14BrNO3S. The molecule has 0 aliphatic carbocycles. The number of carbonyl (C=O) groups excluding carboxylic acids is 1. The summed E-state index contributed by atoms with van der Waals surface area (Å²) in [4.78, 5) is 22.6. The van der Waals surface area contributed by atoms with Crippen molar-refractivity contribution in [2.75, 3.05) is 0 Å². The lowest BCUT2D eigenvalue weighted by atomic mass is 9.81. The second kappa shape index (κ2) is 6.51. The summed E-state index contributed by atoms with van der Waals surface area (Å²) in [7, 11) is 0. The van der Waals surface area contributed by atoms with E-state index in [1.807, 2.05) is 41.1 Å². The first-order chi connectivity index (χ1) is 9.91. The third-order valence-corrected chi connectivity index (χ3v) is 4.43. The van der Waals surface area contributed by atoms with E-state index in [4.69, 9.17) is 10.8 Å². The Bertz CT molecular complexity index is 639. The summed E-state index contributed by atoms with van der Waals surface area (Å²) >= 11 is 4.85. The van der Waals surface area contributed by atoms with Gasteiger partial charge in [0.25, 0.3) is 0 Å². The predicted octanol–water partition coefficient (Wildman–Crippen LogP) is 3.15. The Kier molecular flexibility index (Phi) is 4.92. The molecule has 0 radical (unpaired) electrons. The van der Waals surface area contributed by atoms with Crippen LogP contribution in [0.25, 0.3) is 0 Å². The van der Waals surface area contributed by atoms with E-state index in [-0.39, 0.29) is 12.2 Å². The van der Waals surface area contributed by atoms with Crippen LogP contribution in [-0.4, -0.2) is 16.9 Å². The summed E-state index contributed by atoms with van der Waals surface area (Å²) in [5.74, 6) is -1.53. The van der Waals surface area contributed by atoms with E-state index in [9.17, 15) is 9.59 Å². The lowest BCUT2D eigenvalue weighted by molar-refractivity contribution is -0.140. The van der Waals surface area contributed by atoms with Crippen molar-refractivity contribution in [3.8, 4) is 0 Å². The number of aliphatic carboxylic acids is 1. The third kappa shape index (κ3) is 3.78. The first-order valence-corrected chi connectivity index (χ1v) is 7.96. The maximum absolute atomic E-state index is 11.9. The fourth-order valence-corrected chi connectivity index (χ4v) is 3.18. The van der Waals surface area contributed by atoms with E-state index in [1.54, 1.807) is 0 Å². The maximum atomic E-state index is 11.9.